The van der Waals surface area contributed by atoms with E-state index in [0.717, 1.165) is 24.2 Å². The number of amidine groups is 1. The van der Waals surface area contributed by atoms with E-state index >= 15 is 0 Å². The van der Waals surface area contributed by atoms with Crippen LogP contribution in [0.25, 0.3) is 5.69 Å². The molecule has 8 nitrogen and oxygen atoms in total. The predicted molar refractivity (Wildman–Crippen MR) is 128 cm³/mol. The van der Waals surface area contributed by atoms with Crippen molar-refractivity contribution in [3.8, 4) is 5.69 Å². The first kappa shape index (κ1) is 23.6. The van der Waals surface area contributed by atoms with Gasteiger partial charge < -0.3 is 10.2 Å². The summed E-state index contributed by atoms with van der Waals surface area (Å²) < 4.78 is 44.1. The molecule has 0 atom stereocenters. The monoisotopic (exact) mass is 483 g/mol. The molecule has 34 heavy (non-hydrogen) atoms. The summed E-state index contributed by atoms with van der Waals surface area (Å²) in [5.41, 5.74) is 3.46. The highest BCUT2D eigenvalue weighted by atomic mass is 32.2. The van der Waals surface area contributed by atoms with Gasteiger partial charge in [-0.25, -0.2) is 9.07 Å². The Kier molecular flexibility index (Phi) is 6.52. The molecule has 178 valence electrons. The standard InChI is InChI=1S/C24H26FN5O3S/c1-16-22(17(2)30(27-16)20-10-6-18(25)7-11-20)15-24(31)26-19-8-12-21(13-9-19)34(32,33)28-23-5-4-14-29(23)3/h6-13H,4-5,14-15H2,1-3H3,(H,26,31). The summed E-state index contributed by atoms with van der Waals surface area (Å²) in [7, 11) is -1.98. The average Bonchev–Trinajstić information content (AvgIpc) is 3.31. The van der Waals surface area contributed by atoms with Gasteiger partial charge in [0.1, 0.15) is 11.7 Å². The lowest BCUT2D eigenvalue weighted by atomic mass is 10.1. The Bertz CT molecular complexity index is 1350. The number of sulfonamides is 1. The quantitative estimate of drug-likeness (QED) is 0.578. The number of benzene rings is 2. The highest BCUT2D eigenvalue weighted by molar-refractivity contribution is 7.90. The van der Waals surface area contributed by atoms with Gasteiger partial charge in [0, 0.05) is 37.0 Å². The molecule has 0 radical (unpaired) electrons. The maximum Gasteiger partial charge on any atom is 0.283 e. The third-order valence-electron chi connectivity index (χ3n) is 5.85. The number of carbonyl (C=O) groups excluding carboxylic acids is 1. The SMILES string of the molecule is Cc1nn(-c2ccc(F)cc2)c(C)c1CC(=O)Nc1ccc(S(=O)(=O)N=C2CCCN2C)cc1. The number of carbonyl (C=O) groups is 1. The van der Waals surface area contributed by atoms with E-state index in [0.29, 0.717) is 29.3 Å². The lowest BCUT2D eigenvalue weighted by Gasteiger charge is -2.11. The molecular weight excluding hydrogens is 457 g/mol. The number of nitrogens with zero attached hydrogens (tertiary/aromatic N) is 4. The largest absolute Gasteiger partial charge is 0.362 e. The fourth-order valence-electron chi connectivity index (χ4n) is 3.94. The van der Waals surface area contributed by atoms with Gasteiger partial charge in [-0.1, -0.05) is 0 Å². The molecule has 0 unspecified atom stereocenters. The van der Waals surface area contributed by atoms with E-state index in [9.17, 15) is 17.6 Å². The van der Waals surface area contributed by atoms with E-state index in [1.165, 1.54) is 24.3 Å². The molecule has 1 aromatic heterocycles. The summed E-state index contributed by atoms with van der Waals surface area (Å²) in [6.07, 6.45) is 1.62. The van der Waals surface area contributed by atoms with Crippen LogP contribution in [-0.4, -0.2) is 48.4 Å². The van der Waals surface area contributed by atoms with Crippen molar-refractivity contribution >= 4 is 27.5 Å². The van der Waals surface area contributed by atoms with E-state index in [-0.39, 0.29) is 23.0 Å². The van der Waals surface area contributed by atoms with Crippen molar-refractivity contribution < 1.29 is 17.6 Å². The molecule has 1 amide bonds. The van der Waals surface area contributed by atoms with Gasteiger partial charge in [-0.3, -0.25) is 4.79 Å². The fraction of sp³-hybridized carbons (Fsp3) is 0.292. The van der Waals surface area contributed by atoms with Crippen molar-refractivity contribution in [2.75, 3.05) is 18.9 Å². The number of aromatic nitrogens is 2. The van der Waals surface area contributed by atoms with Gasteiger partial charge >= 0.3 is 0 Å². The van der Waals surface area contributed by atoms with E-state index in [1.807, 2.05) is 25.8 Å². The van der Waals surface area contributed by atoms with Crippen LogP contribution < -0.4 is 5.32 Å². The summed E-state index contributed by atoms with van der Waals surface area (Å²) >= 11 is 0. The zero-order valence-electron chi connectivity index (χ0n) is 19.2. The Morgan fingerprint density at radius 3 is 2.41 bits per heavy atom. The molecule has 1 fully saturated rings. The van der Waals surface area contributed by atoms with Crippen molar-refractivity contribution in [2.24, 2.45) is 4.40 Å². The number of rotatable bonds is 6. The minimum absolute atomic E-state index is 0.0746. The highest BCUT2D eigenvalue weighted by Crippen LogP contribution is 2.21. The number of amides is 1. The van der Waals surface area contributed by atoms with Crippen molar-refractivity contribution in [3.05, 3.63) is 71.3 Å². The van der Waals surface area contributed by atoms with Crippen LogP contribution in [0.2, 0.25) is 0 Å². The maximum atomic E-state index is 13.2. The minimum atomic E-state index is -3.81. The summed E-state index contributed by atoms with van der Waals surface area (Å²) in [5, 5.41) is 7.28. The van der Waals surface area contributed by atoms with Crippen molar-refractivity contribution in [1.82, 2.24) is 14.7 Å². The molecule has 0 saturated carbocycles. The second-order valence-electron chi connectivity index (χ2n) is 8.29. The Morgan fingerprint density at radius 2 is 1.79 bits per heavy atom. The molecule has 1 N–H and O–H groups in total. The number of anilines is 1. The van der Waals surface area contributed by atoms with E-state index < -0.39 is 10.0 Å². The van der Waals surface area contributed by atoms with E-state index in [1.54, 1.807) is 28.9 Å². The minimum Gasteiger partial charge on any atom is -0.362 e. The van der Waals surface area contributed by atoms with E-state index in [4.69, 9.17) is 0 Å². The van der Waals surface area contributed by atoms with Gasteiger partial charge in [0.2, 0.25) is 5.91 Å². The molecular formula is C24H26FN5O3S. The van der Waals surface area contributed by atoms with Gasteiger partial charge in [0.25, 0.3) is 10.0 Å². The average molecular weight is 484 g/mol. The molecule has 1 aliphatic heterocycles. The summed E-state index contributed by atoms with van der Waals surface area (Å²) in [6, 6.07) is 11.9. The summed E-state index contributed by atoms with van der Waals surface area (Å²) in [6.45, 7) is 4.47. The molecule has 0 spiro atoms. The molecule has 10 heteroatoms. The summed E-state index contributed by atoms with van der Waals surface area (Å²) in [4.78, 5) is 14.6. The first-order valence-corrected chi connectivity index (χ1v) is 12.3. The zero-order chi connectivity index (χ0) is 24.5. The molecule has 0 bridgehead atoms. The van der Waals surface area contributed by atoms with Crippen LogP contribution in [0.1, 0.15) is 29.8 Å². The van der Waals surface area contributed by atoms with Crippen molar-refractivity contribution in [1.29, 1.82) is 0 Å². The maximum absolute atomic E-state index is 13.2. The second kappa shape index (κ2) is 9.38. The van der Waals surface area contributed by atoms with Gasteiger partial charge in [0.15, 0.2) is 0 Å². The lowest BCUT2D eigenvalue weighted by molar-refractivity contribution is -0.115. The first-order valence-electron chi connectivity index (χ1n) is 10.9. The zero-order valence-corrected chi connectivity index (χ0v) is 20.1. The Hall–Kier alpha value is -3.53. The lowest BCUT2D eigenvalue weighted by Crippen LogP contribution is -2.20. The van der Waals surface area contributed by atoms with E-state index in [2.05, 4.69) is 14.8 Å². The second-order valence-corrected chi connectivity index (χ2v) is 9.90. The topological polar surface area (TPSA) is 96.7 Å². The van der Waals surface area contributed by atoms with Crippen LogP contribution in [0.15, 0.2) is 57.8 Å². The predicted octanol–water partition coefficient (Wildman–Crippen LogP) is 3.62. The molecule has 1 aliphatic rings. The van der Waals surface area contributed by atoms with Crippen LogP contribution in [0, 0.1) is 19.7 Å². The smallest absolute Gasteiger partial charge is 0.283 e. The third kappa shape index (κ3) is 5.01. The molecule has 3 aromatic rings. The van der Waals surface area contributed by atoms with Gasteiger partial charge in [-0.15, -0.1) is 4.40 Å². The Labute approximate surface area is 198 Å². The van der Waals surface area contributed by atoms with Crippen molar-refractivity contribution in [3.63, 3.8) is 0 Å². The number of aryl methyl sites for hydroxylation is 1. The van der Waals surface area contributed by atoms with Gasteiger partial charge in [0.05, 0.1) is 22.7 Å². The molecule has 0 aliphatic carbocycles. The van der Waals surface area contributed by atoms with Crippen LogP contribution in [0.4, 0.5) is 10.1 Å². The molecule has 4 rings (SSSR count). The van der Waals surface area contributed by atoms with Crippen molar-refractivity contribution in [2.45, 2.75) is 38.0 Å². The van der Waals surface area contributed by atoms with Gasteiger partial charge in [-0.2, -0.15) is 13.5 Å². The number of nitrogens with one attached hydrogen (secondary N) is 1. The number of hydrogen-bond acceptors (Lipinski definition) is 4. The first-order chi connectivity index (χ1) is 16.1. The Balaban J connectivity index is 1.45. The number of likely N-dealkylation sites (tertiary alicyclic amines) is 1. The normalized spacial score (nSPS) is 15.2. The number of halogens is 1. The molecule has 2 heterocycles. The highest BCUT2D eigenvalue weighted by Gasteiger charge is 2.21. The molecule has 1 saturated heterocycles. The van der Waals surface area contributed by atoms with Gasteiger partial charge in [-0.05, 0) is 68.8 Å². The van der Waals surface area contributed by atoms with Crippen LogP contribution in [0.3, 0.4) is 0 Å². The van der Waals surface area contributed by atoms with Crippen LogP contribution in [-0.2, 0) is 21.2 Å². The van der Waals surface area contributed by atoms with Crippen LogP contribution >= 0.6 is 0 Å². The number of hydrogen-bond donors (Lipinski definition) is 1. The van der Waals surface area contributed by atoms with Crippen LogP contribution in [0.5, 0.6) is 0 Å². The fourth-order valence-corrected chi connectivity index (χ4v) is 5.04. The molecule has 2 aromatic carbocycles. The summed E-state index contributed by atoms with van der Waals surface area (Å²) in [5.74, 6) is -0.0282. The third-order valence-corrected chi connectivity index (χ3v) is 7.16. The Morgan fingerprint density at radius 1 is 1.12 bits per heavy atom.